The van der Waals surface area contributed by atoms with E-state index in [1.54, 1.807) is 47.0 Å². The van der Waals surface area contributed by atoms with Crippen LogP contribution in [0.25, 0.3) is 0 Å². The largest absolute Gasteiger partial charge is 0.491 e. The summed E-state index contributed by atoms with van der Waals surface area (Å²) < 4.78 is 27.6. The molecule has 1 unspecified atom stereocenters. The van der Waals surface area contributed by atoms with E-state index in [2.05, 4.69) is 132 Å². The van der Waals surface area contributed by atoms with Crippen molar-refractivity contribution in [3.8, 4) is 23.0 Å². The van der Waals surface area contributed by atoms with Crippen LogP contribution in [0.1, 0.15) is 144 Å². The van der Waals surface area contributed by atoms with Crippen molar-refractivity contribution in [2.75, 3.05) is 52.6 Å². The highest BCUT2D eigenvalue weighted by Gasteiger charge is 2.31. The maximum Gasteiger partial charge on any atom is 0.320 e. The van der Waals surface area contributed by atoms with Crippen LogP contribution in [0, 0.1) is 0 Å². The molecule has 12 N–H and O–H groups in total. The third-order valence-electron chi connectivity index (χ3n) is 11.8. The molecule has 13 nitrogen and oxygen atoms in total. The normalized spacial score (nSPS) is 13.4. The van der Waals surface area contributed by atoms with Gasteiger partial charge >= 0.3 is 11.9 Å². The molecule has 410 valence electrons. The lowest BCUT2D eigenvalue weighted by atomic mass is 9.87. The summed E-state index contributed by atoms with van der Waals surface area (Å²) in [6.45, 7) is 31.3. The van der Waals surface area contributed by atoms with Crippen molar-refractivity contribution >= 4 is 59.0 Å². The minimum absolute atomic E-state index is 0.0231. The van der Waals surface area contributed by atoms with E-state index >= 15 is 0 Å². The molecular formula is C57H85N5O8S4. The number of hydrogen-bond donors (Lipinski definition) is 7. The predicted molar refractivity (Wildman–Crippen MR) is 306 cm³/mol. The van der Waals surface area contributed by atoms with Crippen LogP contribution in [0.5, 0.6) is 23.0 Å². The second kappa shape index (κ2) is 28.0. The number of aliphatic carboxylic acids is 2. The molecule has 4 aromatic rings. The summed E-state index contributed by atoms with van der Waals surface area (Å²) in [4.78, 5) is 28.0. The number of rotatable bonds is 20. The van der Waals surface area contributed by atoms with Crippen LogP contribution in [-0.4, -0.2) is 80.8 Å². The van der Waals surface area contributed by atoms with E-state index in [-0.39, 0.29) is 34.5 Å². The van der Waals surface area contributed by atoms with Gasteiger partial charge in [-0.3, -0.25) is 9.59 Å². The van der Waals surface area contributed by atoms with Crippen molar-refractivity contribution in [1.82, 2.24) is 0 Å². The lowest BCUT2D eigenvalue weighted by Gasteiger charge is -2.28. The summed E-state index contributed by atoms with van der Waals surface area (Å²) in [6.07, 6.45) is 2.67. The molecule has 4 aromatic carbocycles. The van der Waals surface area contributed by atoms with E-state index in [9.17, 15) is 9.59 Å². The Balaban J connectivity index is 0.00000107. The summed E-state index contributed by atoms with van der Waals surface area (Å²) in [5, 5.41) is 16.3. The fourth-order valence-corrected chi connectivity index (χ4v) is 11.9. The molecule has 1 atom stereocenters. The average Bonchev–Trinajstić information content (AvgIpc) is 3.29. The molecule has 0 amide bonds. The minimum atomic E-state index is -1.17. The zero-order valence-electron chi connectivity index (χ0n) is 46.0. The number of fused-ring (bicyclic) bond motifs is 8. The summed E-state index contributed by atoms with van der Waals surface area (Å²) in [6, 6.07) is 17.4. The second-order valence-electron chi connectivity index (χ2n) is 22.5. The molecule has 1 aliphatic heterocycles. The third kappa shape index (κ3) is 18.5. The maximum absolute atomic E-state index is 9.99. The van der Waals surface area contributed by atoms with Gasteiger partial charge < -0.3 is 57.8 Å². The Morgan fingerprint density at radius 3 is 0.784 bits per heavy atom. The first-order chi connectivity index (χ1) is 34.6. The highest BCUT2D eigenvalue weighted by molar-refractivity contribution is 8.01. The van der Waals surface area contributed by atoms with Gasteiger partial charge in [-0.2, -0.15) is 0 Å². The molecule has 0 aliphatic carbocycles. The van der Waals surface area contributed by atoms with E-state index in [1.807, 2.05) is 0 Å². The zero-order chi connectivity index (χ0) is 55.2. The topological polar surface area (TPSA) is 242 Å². The molecule has 74 heavy (non-hydrogen) atoms. The van der Waals surface area contributed by atoms with Crippen molar-refractivity contribution in [3.05, 3.63) is 70.8 Å². The van der Waals surface area contributed by atoms with Gasteiger partial charge in [0, 0.05) is 6.42 Å². The van der Waals surface area contributed by atoms with Gasteiger partial charge in [-0.25, -0.2) is 0 Å². The van der Waals surface area contributed by atoms with Crippen LogP contribution in [0.15, 0.2) is 87.7 Å². The highest BCUT2D eigenvalue weighted by Crippen LogP contribution is 2.56. The lowest BCUT2D eigenvalue weighted by molar-refractivity contribution is -0.139. The Kier molecular flexibility index (Phi) is 23.8. The van der Waals surface area contributed by atoms with Gasteiger partial charge in [0.25, 0.3) is 0 Å². The standard InChI is InChI=1S/C52H76N4O4S4.C5H9NO4/c1-49(2,3)33-25-37-45(57-21-13-17-53)38(26-33)62-40-28-35(51(7,8)9)30-42(47(40)59-23-15-19-55)64-44-32-36(52(10,11)12)31-43(48(44)60-24-16-20-56)63-41-29-34(50(4,5)6)27-39(61-37)46(41)58-22-14-18-54;6-3(5(9)10)1-2-4(7)8/h25-32H,13-24,53-56H2,1-12H3;3H,1-2,6H2,(H,7,8)(H,9,10). The van der Waals surface area contributed by atoms with Crippen molar-refractivity contribution < 1.29 is 38.7 Å². The van der Waals surface area contributed by atoms with Gasteiger partial charge in [-0.1, -0.05) is 130 Å². The van der Waals surface area contributed by atoms with Crippen molar-refractivity contribution in [3.63, 3.8) is 0 Å². The Morgan fingerprint density at radius 1 is 0.432 bits per heavy atom. The van der Waals surface area contributed by atoms with E-state index in [0.29, 0.717) is 52.6 Å². The molecule has 5 rings (SSSR count). The number of ether oxygens (including phenoxy) is 4. The summed E-state index contributed by atoms with van der Waals surface area (Å²) in [7, 11) is 0. The molecule has 0 fully saturated rings. The Bertz CT molecular complexity index is 2110. The number of benzene rings is 4. The number of carbonyl (C=O) groups is 2. The number of carboxylic acids is 2. The van der Waals surface area contributed by atoms with Crippen LogP contribution in [-0.2, 0) is 31.2 Å². The van der Waals surface area contributed by atoms with Crippen LogP contribution >= 0.6 is 47.0 Å². The predicted octanol–water partition coefficient (Wildman–Crippen LogP) is 12.0. The first-order valence-electron chi connectivity index (χ1n) is 25.6. The highest BCUT2D eigenvalue weighted by atomic mass is 32.2. The zero-order valence-corrected chi connectivity index (χ0v) is 49.2. The Morgan fingerprint density at radius 2 is 0.635 bits per heavy atom. The molecule has 1 heterocycles. The molecule has 8 bridgehead atoms. The van der Waals surface area contributed by atoms with Crippen LogP contribution in [0.4, 0.5) is 0 Å². The first kappa shape index (κ1) is 62.8. The fourth-order valence-electron chi connectivity index (χ4n) is 7.12. The second-order valence-corrected chi connectivity index (χ2v) is 26.8. The SMILES string of the molecule is CC(C)(C)c1cc2c(OCCCN)c(c1)Sc1cc(C(C)(C)C)cc(c1OCCCN)Sc1cc(C(C)(C)C)cc(c1OCCCN)Sc1cc(C(C)(C)C)cc(c1OCCCN)S2.NC(CCC(=O)O)C(=O)O. The molecule has 1 aliphatic rings. The van der Waals surface area contributed by atoms with Crippen LogP contribution in [0.3, 0.4) is 0 Å². The van der Waals surface area contributed by atoms with Crippen LogP contribution < -0.4 is 47.6 Å². The number of nitrogens with two attached hydrogens (primary N) is 5. The van der Waals surface area contributed by atoms with E-state index in [1.165, 1.54) is 22.3 Å². The maximum atomic E-state index is 9.99. The summed E-state index contributed by atoms with van der Waals surface area (Å²) in [5.41, 5.74) is 33.5. The Hall–Kier alpha value is -3.78. The number of hydrogen-bond acceptors (Lipinski definition) is 15. The molecule has 0 aromatic heterocycles. The van der Waals surface area contributed by atoms with Crippen LogP contribution in [0.2, 0.25) is 0 Å². The third-order valence-corrected chi connectivity index (χ3v) is 16.0. The van der Waals surface area contributed by atoms with Gasteiger partial charge in [-0.05, 0) is 151 Å². The van der Waals surface area contributed by atoms with E-state index in [0.717, 1.165) is 87.8 Å². The molecular weight excluding hydrogens is 1010 g/mol. The molecule has 0 saturated carbocycles. The van der Waals surface area contributed by atoms with Crippen molar-refractivity contribution in [2.24, 2.45) is 28.7 Å². The van der Waals surface area contributed by atoms with Gasteiger partial charge in [0.2, 0.25) is 0 Å². The molecule has 0 saturated heterocycles. The smallest absolute Gasteiger partial charge is 0.320 e. The Labute approximate surface area is 458 Å². The van der Waals surface area contributed by atoms with Gasteiger partial charge in [-0.15, -0.1) is 0 Å². The average molecular weight is 1100 g/mol. The van der Waals surface area contributed by atoms with E-state index in [4.69, 9.17) is 57.8 Å². The minimum Gasteiger partial charge on any atom is -0.491 e. The first-order valence-corrected chi connectivity index (χ1v) is 28.9. The number of carboxylic acid groups (broad SMARTS) is 2. The lowest BCUT2D eigenvalue weighted by Crippen LogP contribution is -2.30. The van der Waals surface area contributed by atoms with Crippen molar-refractivity contribution in [1.29, 1.82) is 0 Å². The fraction of sp³-hybridized carbons (Fsp3) is 0.544. The van der Waals surface area contributed by atoms with E-state index < -0.39 is 18.0 Å². The monoisotopic (exact) mass is 1100 g/mol. The summed E-state index contributed by atoms with van der Waals surface area (Å²) >= 11 is 6.82. The quantitative estimate of drug-likeness (QED) is 0.0358. The van der Waals surface area contributed by atoms with Gasteiger partial charge in [0.05, 0.1) is 65.6 Å². The molecule has 0 spiro atoms. The molecule has 17 heteroatoms. The van der Waals surface area contributed by atoms with Gasteiger partial charge in [0.15, 0.2) is 0 Å². The summed E-state index contributed by atoms with van der Waals surface area (Å²) in [5.74, 6) is 1.10. The van der Waals surface area contributed by atoms with Gasteiger partial charge in [0.1, 0.15) is 29.0 Å². The molecule has 0 radical (unpaired) electrons. The van der Waals surface area contributed by atoms with Crippen molar-refractivity contribution in [2.45, 2.75) is 188 Å².